The number of carbonyl (C=O) groups is 2. The Bertz CT molecular complexity index is 518. The summed E-state index contributed by atoms with van der Waals surface area (Å²) in [5.41, 5.74) is 0.886. The summed E-state index contributed by atoms with van der Waals surface area (Å²) in [6.07, 6.45) is 0.228. The molecule has 0 aromatic heterocycles. The van der Waals surface area contributed by atoms with Gasteiger partial charge >= 0.3 is 0 Å². The van der Waals surface area contributed by atoms with Crippen LogP contribution < -0.4 is 20.7 Å². The third-order valence-corrected chi connectivity index (χ3v) is 3.74. The van der Waals surface area contributed by atoms with E-state index in [1.54, 1.807) is 7.11 Å². The molecule has 1 aromatic rings. The number of amides is 2. The topological polar surface area (TPSA) is 79.5 Å². The van der Waals surface area contributed by atoms with Crippen molar-refractivity contribution in [3.05, 3.63) is 29.8 Å². The van der Waals surface area contributed by atoms with Gasteiger partial charge in [-0.2, -0.15) is 0 Å². The van der Waals surface area contributed by atoms with E-state index >= 15 is 0 Å². The molecule has 1 fully saturated rings. The maximum atomic E-state index is 12.1. The molecule has 1 unspecified atom stereocenters. The standard InChI is InChI=1S/C16H23N3O3.ClH/c1-11(20)19-15(13-3-5-14(22-2)6-4-13)7-16(21)18-10-12-8-17-9-12;/h3-6,12,15,17H,7-10H2,1-2H3,(H,18,21)(H,19,20);1H. The van der Waals surface area contributed by atoms with Gasteiger partial charge in [0.2, 0.25) is 11.8 Å². The summed E-state index contributed by atoms with van der Waals surface area (Å²) in [6.45, 7) is 4.04. The molecule has 3 N–H and O–H groups in total. The monoisotopic (exact) mass is 341 g/mol. The van der Waals surface area contributed by atoms with Crippen LogP contribution in [-0.2, 0) is 9.59 Å². The van der Waals surface area contributed by atoms with Crippen LogP contribution in [0.4, 0.5) is 0 Å². The van der Waals surface area contributed by atoms with Crippen molar-refractivity contribution >= 4 is 24.2 Å². The average molecular weight is 342 g/mol. The summed E-state index contributed by atoms with van der Waals surface area (Å²) >= 11 is 0. The molecule has 0 saturated carbocycles. The molecule has 1 aliphatic rings. The number of ether oxygens (including phenoxy) is 1. The molecule has 7 heteroatoms. The van der Waals surface area contributed by atoms with Crippen LogP contribution in [0.2, 0.25) is 0 Å². The van der Waals surface area contributed by atoms with E-state index in [9.17, 15) is 9.59 Å². The average Bonchev–Trinajstić information content (AvgIpc) is 2.44. The minimum absolute atomic E-state index is 0. The minimum Gasteiger partial charge on any atom is -0.497 e. The Kier molecular flexibility index (Phi) is 7.85. The fraction of sp³-hybridized carbons (Fsp3) is 0.500. The van der Waals surface area contributed by atoms with Crippen LogP contribution in [-0.4, -0.2) is 38.6 Å². The second-order valence-electron chi connectivity index (χ2n) is 5.56. The minimum atomic E-state index is -0.331. The predicted molar refractivity (Wildman–Crippen MR) is 90.8 cm³/mol. The first-order chi connectivity index (χ1) is 10.6. The van der Waals surface area contributed by atoms with E-state index in [4.69, 9.17) is 4.74 Å². The van der Waals surface area contributed by atoms with E-state index in [-0.39, 0.29) is 36.7 Å². The summed E-state index contributed by atoms with van der Waals surface area (Å²) in [4.78, 5) is 23.4. The normalized spacial score (nSPS) is 14.9. The third-order valence-electron chi connectivity index (χ3n) is 3.74. The van der Waals surface area contributed by atoms with Crippen molar-refractivity contribution in [1.29, 1.82) is 0 Å². The summed E-state index contributed by atoms with van der Waals surface area (Å²) in [7, 11) is 1.60. The van der Waals surface area contributed by atoms with Gasteiger partial charge in [0.25, 0.3) is 0 Å². The molecular weight excluding hydrogens is 318 g/mol. The van der Waals surface area contributed by atoms with E-state index in [2.05, 4.69) is 16.0 Å². The summed E-state index contributed by atoms with van der Waals surface area (Å²) < 4.78 is 5.12. The first-order valence-electron chi connectivity index (χ1n) is 7.47. The molecule has 1 heterocycles. The molecule has 0 bridgehead atoms. The van der Waals surface area contributed by atoms with Crippen LogP contribution >= 0.6 is 12.4 Å². The van der Waals surface area contributed by atoms with E-state index < -0.39 is 0 Å². The first-order valence-corrected chi connectivity index (χ1v) is 7.47. The Morgan fingerprint density at radius 3 is 2.43 bits per heavy atom. The number of nitrogens with one attached hydrogen (secondary N) is 3. The number of carbonyl (C=O) groups excluding carboxylic acids is 2. The number of methoxy groups -OCH3 is 1. The van der Waals surface area contributed by atoms with Gasteiger partial charge in [-0.3, -0.25) is 9.59 Å². The molecule has 1 atom stereocenters. The van der Waals surface area contributed by atoms with Crippen molar-refractivity contribution in [2.45, 2.75) is 19.4 Å². The van der Waals surface area contributed by atoms with Gasteiger partial charge < -0.3 is 20.7 Å². The van der Waals surface area contributed by atoms with Gasteiger partial charge in [0, 0.05) is 32.5 Å². The van der Waals surface area contributed by atoms with E-state index in [0.29, 0.717) is 12.5 Å². The molecule has 2 amide bonds. The highest BCUT2D eigenvalue weighted by Crippen LogP contribution is 2.20. The lowest BCUT2D eigenvalue weighted by Gasteiger charge is -2.27. The zero-order valence-electron chi connectivity index (χ0n) is 13.4. The van der Waals surface area contributed by atoms with Crippen LogP contribution in [0.25, 0.3) is 0 Å². The van der Waals surface area contributed by atoms with Crippen molar-refractivity contribution in [3.8, 4) is 5.75 Å². The number of rotatable bonds is 7. The Morgan fingerprint density at radius 1 is 1.30 bits per heavy atom. The molecule has 1 aliphatic heterocycles. The van der Waals surface area contributed by atoms with Crippen LogP contribution in [0.5, 0.6) is 5.75 Å². The SMILES string of the molecule is COc1ccc(C(CC(=O)NCC2CNC2)NC(C)=O)cc1.Cl. The fourth-order valence-electron chi connectivity index (χ4n) is 2.34. The van der Waals surface area contributed by atoms with E-state index in [1.165, 1.54) is 6.92 Å². The molecule has 2 rings (SSSR count). The molecule has 0 radical (unpaired) electrons. The van der Waals surface area contributed by atoms with E-state index in [0.717, 1.165) is 24.4 Å². The maximum absolute atomic E-state index is 12.1. The highest BCUT2D eigenvalue weighted by molar-refractivity contribution is 5.85. The van der Waals surface area contributed by atoms with Crippen molar-refractivity contribution in [3.63, 3.8) is 0 Å². The largest absolute Gasteiger partial charge is 0.497 e. The lowest BCUT2D eigenvalue weighted by atomic mass is 10.0. The second kappa shape index (κ2) is 9.37. The maximum Gasteiger partial charge on any atom is 0.222 e. The van der Waals surface area contributed by atoms with Crippen LogP contribution in [0.3, 0.4) is 0 Å². The highest BCUT2D eigenvalue weighted by Gasteiger charge is 2.20. The summed E-state index contributed by atoms with van der Waals surface area (Å²) in [5, 5.41) is 8.92. The second-order valence-corrected chi connectivity index (χ2v) is 5.56. The lowest BCUT2D eigenvalue weighted by molar-refractivity contribution is -0.123. The first kappa shape index (κ1) is 19.3. The van der Waals surface area contributed by atoms with Gasteiger partial charge in [0.15, 0.2) is 0 Å². The lowest BCUT2D eigenvalue weighted by Crippen LogP contribution is -2.48. The molecule has 1 saturated heterocycles. The van der Waals surface area contributed by atoms with Gasteiger partial charge in [-0.05, 0) is 17.7 Å². The van der Waals surface area contributed by atoms with Gasteiger partial charge in [0.1, 0.15) is 5.75 Å². The molecule has 0 aliphatic carbocycles. The molecule has 6 nitrogen and oxygen atoms in total. The Hall–Kier alpha value is -1.79. The van der Waals surface area contributed by atoms with Crippen molar-refractivity contribution in [1.82, 2.24) is 16.0 Å². The molecule has 128 valence electrons. The number of benzene rings is 1. The Balaban J connectivity index is 0.00000264. The quantitative estimate of drug-likeness (QED) is 0.692. The van der Waals surface area contributed by atoms with Crippen molar-refractivity contribution < 1.29 is 14.3 Å². The van der Waals surface area contributed by atoms with Gasteiger partial charge in [-0.1, -0.05) is 12.1 Å². The van der Waals surface area contributed by atoms with Gasteiger partial charge in [-0.25, -0.2) is 0 Å². The van der Waals surface area contributed by atoms with Gasteiger partial charge in [0.05, 0.1) is 19.6 Å². The summed E-state index contributed by atoms with van der Waals surface area (Å²) in [6, 6.07) is 7.04. The number of hydrogen-bond donors (Lipinski definition) is 3. The fourth-order valence-corrected chi connectivity index (χ4v) is 2.34. The molecule has 1 aromatic carbocycles. The summed E-state index contributed by atoms with van der Waals surface area (Å²) in [5.74, 6) is 1.05. The Morgan fingerprint density at radius 2 is 1.96 bits per heavy atom. The van der Waals surface area contributed by atoms with Crippen LogP contribution in [0, 0.1) is 5.92 Å². The zero-order valence-corrected chi connectivity index (χ0v) is 14.2. The van der Waals surface area contributed by atoms with Gasteiger partial charge in [-0.15, -0.1) is 12.4 Å². The number of hydrogen-bond acceptors (Lipinski definition) is 4. The smallest absolute Gasteiger partial charge is 0.222 e. The van der Waals surface area contributed by atoms with Crippen molar-refractivity contribution in [2.24, 2.45) is 5.92 Å². The van der Waals surface area contributed by atoms with Crippen molar-refractivity contribution in [2.75, 3.05) is 26.7 Å². The number of halogens is 1. The zero-order chi connectivity index (χ0) is 15.9. The molecule has 23 heavy (non-hydrogen) atoms. The van der Waals surface area contributed by atoms with Crippen LogP contribution in [0.1, 0.15) is 24.9 Å². The molecular formula is C16H24ClN3O3. The van der Waals surface area contributed by atoms with Crippen LogP contribution in [0.15, 0.2) is 24.3 Å². The predicted octanol–water partition coefficient (Wildman–Crippen LogP) is 1.02. The molecule has 0 spiro atoms. The van der Waals surface area contributed by atoms with E-state index in [1.807, 2.05) is 24.3 Å². The Labute approximate surface area is 142 Å². The highest BCUT2D eigenvalue weighted by atomic mass is 35.5. The third kappa shape index (κ3) is 6.08.